The summed E-state index contributed by atoms with van der Waals surface area (Å²) < 4.78 is 0. The summed E-state index contributed by atoms with van der Waals surface area (Å²) in [4.78, 5) is 0. The van der Waals surface area contributed by atoms with Crippen molar-refractivity contribution in [3.8, 4) is 0 Å². The SMILES string of the molecule is O.S.[O-2].[Zn+2]. The van der Waals surface area contributed by atoms with Gasteiger partial charge >= 0.3 is 19.5 Å². The van der Waals surface area contributed by atoms with Crippen LogP contribution >= 0.6 is 13.5 Å². The van der Waals surface area contributed by atoms with Crippen molar-refractivity contribution in [3.05, 3.63) is 0 Å². The van der Waals surface area contributed by atoms with Gasteiger partial charge in [0.15, 0.2) is 0 Å². The maximum Gasteiger partial charge on any atom is 2.00 e. The Morgan fingerprint density at radius 2 is 1.00 bits per heavy atom. The second kappa shape index (κ2) is 40.8. The molecule has 0 aliphatic heterocycles. The molecule has 0 saturated heterocycles. The largest absolute Gasteiger partial charge is 2.00 e. The van der Waals surface area contributed by atoms with Crippen molar-refractivity contribution in [1.29, 1.82) is 0 Å². The van der Waals surface area contributed by atoms with Gasteiger partial charge in [0, 0.05) is 0 Å². The third-order valence-corrected chi connectivity index (χ3v) is 0. The van der Waals surface area contributed by atoms with Crippen molar-refractivity contribution in [2.75, 3.05) is 0 Å². The van der Waals surface area contributed by atoms with Gasteiger partial charge in [0.2, 0.25) is 0 Å². The summed E-state index contributed by atoms with van der Waals surface area (Å²) in [5.74, 6) is 0. The van der Waals surface area contributed by atoms with Crippen LogP contribution in [0.2, 0.25) is 0 Å². The first kappa shape index (κ1) is 92.9. The molecule has 0 atom stereocenters. The van der Waals surface area contributed by atoms with Crippen molar-refractivity contribution in [2.24, 2.45) is 0 Å². The van der Waals surface area contributed by atoms with E-state index in [2.05, 4.69) is 0 Å². The van der Waals surface area contributed by atoms with E-state index >= 15 is 0 Å². The Kier molecular flexibility index (Phi) is 949. The van der Waals surface area contributed by atoms with Gasteiger partial charge < -0.3 is 11.0 Å². The average Bonchev–Trinajstić information content (AvgIpc) is 0. The Balaban J connectivity index is 0. The molecular weight excluding hydrogens is 129 g/mol. The van der Waals surface area contributed by atoms with Crippen molar-refractivity contribution >= 4 is 13.5 Å². The fraction of sp³-hybridized carbons (Fsp3) is 0. The molecule has 0 unspecified atom stereocenters. The minimum atomic E-state index is 0. The quantitative estimate of drug-likeness (QED) is 0.387. The van der Waals surface area contributed by atoms with Crippen LogP contribution in [-0.4, -0.2) is 5.48 Å². The first-order chi connectivity index (χ1) is 0. The van der Waals surface area contributed by atoms with Crippen LogP contribution in [0, 0.1) is 0 Å². The van der Waals surface area contributed by atoms with Crippen molar-refractivity contribution in [1.82, 2.24) is 0 Å². The molecule has 4 heavy (non-hydrogen) atoms. The fourth-order valence-corrected chi connectivity index (χ4v) is 0. The Bertz CT molecular complexity index is 6.00. The van der Waals surface area contributed by atoms with Gasteiger partial charge in [0.05, 0.1) is 0 Å². The maximum atomic E-state index is 0. The fourth-order valence-electron chi connectivity index (χ4n) is 0. The summed E-state index contributed by atoms with van der Waals surface area (Å²) in [5, 5.41) is 0. The molecule has 0 heterocycles. The van der Waals surface area contributed by atoms with Gasteiger partial charge in [-0.1, -0.05) is 0 Å². The molecule has 4 heteroatoms. The minimum absolute atomic E-state index is 0. The van der Waals surface area contributed by atoms with Gasteiger partial charge in [-0.25, -0.2) is 0 Å². The van der Waals surface area contributed by atoms with Crippen LogP contribution in [0.3, 0.4) is 0 Å². The van der Waals surface area contributed by atoms with E-state index < -0.39 is 0 Å². The van der Waals surface area contributed by atoms with Crippen LogP contribution in [0.4, 0.5) is 0 Å². The van der Waals surface area contributed by atoms with Crippen LogP contribution in [0.15, 0.2) is 0 Å². The second-order valence-corrected chi connectivity index (χ2v) is 0. The Morgan fingerprint density at radius 1 is 1.00 bits per heavy atom. The van der Waals surface area contributed by atoms with Crippen LogP contribution in [0.25, 0.3) is 0 Å². The van der Waals surface area contributed by atoms with E-state index in [-0.39, 0.29) is 43.9 Å². The van der Waals surface area contributed by atoms with E-state index in [9.17, 15) is 0 Å². The zero-order valence-electron chi connectivity index (χ0n) is 2.12. The van der Waals surface area contributed by atoms with Crippen LogP contribution < -0.4 is 0 Å². The van der Waals surface area contributed by atoms with E-state index in [1.165, 1.54) is 0 Å². The predicted molar refractivity (Wildman–Crippen MR) is 14.7 cm³/mol. The molecule has 0 aliphatic rings. The molecule has 0 amide bonds. The molecule has 0 aliphatic carbocycles. The molecule has 0 fully saturated rings. The molecule has 0 bridgehead atoms. The molecule has 2 N–H and O–H groups in total. The van der Waals surface area contributed by atoms with Crippen LogP contribution in [-0.2, 0) is 25.0 Å². The van der Waals surface area contributed by atoms with Crippen molar-refractivity contribution < 1.29 is 30.4 Å². The molecule has 0 aromatic carbocycles. The number of hydrogen-bond acceptors (Lipinski definition) is 0. The summed E-state index contributed by atoms with van der Waals surface area (Å²) in [7, 11) is 0. The van der Waals surface area contributed by atoms with E-state index in [1.54, 1.807) is 0 Å². The molecule has 0 aromatic heterocycles. The molecule has 0 aromatic rings. The predicted octanol–water partition coefficient (Wildman–Crippen LogP) is -0.833. The molecule has 0 rings (SSSR count). The van der Waals surface area contributed by atoms with E-state index in [4.69, 9.17) is 0 Å². The first-order valence-corrected chi connectivity index (χ1v) is 0. The van der Waals surface area contributed by atoms with Crippen LogP contribution in [0.1, 0.15) is 0 Å². The third-order valence-electron chi connectivity index (χ3n) is 0. The Labute approximate surface area is 44.4 Å². The van der Waals surface area contributed by atoms with Gasteiger partial charge in [-0.3, -0.25) is 0 Å². The van der Waals surface area contributed by atoms with Crippen molar-refractivity contribution in [3.63, 3.8) is 0 Å². The van der Waals surface area contributed by atoms with Gasteiger partial charge in [0.25, 0.3) is 0 Å². The topological polar surface area (TPSA) is 60.0 Å². The first-order valence-electron chi connectivity index (χ1n) is 0. The third kappa shape index (κ3) is 13.0. The molecule has 0 saturated carbocycles. The standard InChI is InChI=1S/H2O.O.H2S.Zn/h1H2;;1H2;/q;-2;;+2. The van der Waals surface area contributed by atoms with Gasteiger partial charge in [-0.15, -0.1) is 0 Å². The maximum absolute atomic E-state index is 0. The monoisotopic (exact) mass is 132 g/mol. The molecule has 2 nitrogen and oxygen atoms in total. The number of rotatable bonds is 0. The van der Waals surface area contributed by atoms with E-state index in [0.29, 0.717) is 0 Å². The smallest absolute Gasteiger partial charge is 2.00 e. The van der Waals surface area contributed by atoms with Crippen molar-refractivity contribution in [2.45, 2.75) is 0 Å². The van der Waals surface area contributed by atoms with E-state index in [0.717, 1.165) is 0 Å². The Hall–Kier alpha value is 0.893. The van der Waals surface area contributed by atoms with E-state index in [1.807, 2.05) is 0 Å². The summed E-state index contributed by atoms with van der Waals surface area (Å²) in [6.45, 7) is 0. The van der Waals surface area contributed by atoms with Gasteiger partial charge in [-0.2, -0.15) is 13.5 Å². The normalized spacial score (nSPS) is 0. The summed E-state index contributed by atoms with van der Waals surface area (Å²) >= 11 is 0. The molecule has 24 valence electrons. The summed E-state index contributed by atoms with van der Waals surface area (Å²) in [6.07, 6.45) is 0. The second-order valence-electron chi connectivity index (χ2n) is 0. The summed E-state index contributed by atoms with van der Waals surface area (Å²) in [6, 6.07) is 0. The van der Waals surface area contributed by atoms with Gasteiger partial charge in [-0.05, 0) is 0 Å². The van der Waals surface area contributed by atoms with Gasteiger partial charge in [0.1, 0.15) is 0 Å². The minimum Gasteiger partial charge on any atom is -2.00 e. The zero-order chi connectivity index (χ0) is 0. The molecular formula is H4O2SZn. The molecule has 0 radical (unpaired) electrons. The average molecular weight is 133 g/mol. The Morgan fingerprint density at radius 3 is 1.00 bits per heavy atom. The zero-order valence-corrected chi connectivity index (χ0v) is 6.08. The number of hydrogen-bond donors (Lipinski definition) is 0. The molecule has 0 spiro atoms. The van der Waals surface area contributed by atoms with Crippen LogP contribution in [0.5, 0.6) is 0 Å². The summed E-state index contributed by atoms with van der Waals surface area (Å²) in [5.41, 5.74) is 0.